The van der Waals surface area contributed by atoms with Crippen molar-refractivity contribution >= 4 is 39.8 Å². The molecular formula is C22H21FN4O3. The molecule has 0 spiro atoms. The van der Waals surface area contributed by atoms with Gasteiger partial charge in [-0.15, -0.1) is 0 Å². The second-order valence-corrected chi connectivity index (χ2v) is 7.09. The Morgan fingerprint density at radius 2 is 1.93 bits per heavy atom. The van der Waals surface area contributed by atoms with Crippen LogP contribution in [-0.2, 0) is 4.79 Å². The van der Waals surface area contributed by atoms with Gasteiger partial charge in [0.15, 0.2) is 0 Å². The van der Waals surface area contributed by atoms with E-state index in [1.807, 2.05) is 0 Å². The van der Waals surface area contributed by atoms with Crippen LogP contribution in [0.15, 0.2) is 42.6 Å². The average Bonchev–Trinajstić information content (AvgIpc) is 3.60. The fraction of sp³-hybridized carbons (Fsp3) is 0.227. The predicted octanol–water partition coefficient (Wildman–Crippen LogP) is 3.83. The molecule has 0 unspecified atom stereocenters. The molecule has 1 saturated carbocycles. The van der Waals surface area contributed by atoms with E-state index in [9.17, 15) is 14.0 Å². The van der Waals surface area contributed by atoms with Gasteiger partial charge >= 0.3 is 0 Å². The SMILES string of the molecule is CNC(=O)c1cc2nccc(Nc3ccc(NC(=O)C4CC4)cc3F)c2cc1OC. The maximum Gasteiger partial charge on any atom is 0.254 e. The topological polar surface area (TPSA) is 92.4 Å². The molecule has 8 heteroatoms. The highest BCUT2D eigenvalue weighted by Gasteiger charge is 2.29. The molecule has 0 bridgehead atoms. The fourth-order valence-electron chi connectivity index (χ4n) is 3.19. The van der Waals surface area contributed by atoms with E-state index >= 15 is 0 Å². The van der Waals surface area contributed by atoms with Gasteiger partial charge in [-0.2, -0.15) is 0 Å². The summed E-state index contributed by atoms with van der Waals surface area (Å²) in [6.45, 7) is 0. The van der Waals surface area contributed by atoms with Crippen molar-refractivity contribution in [2.45, 2.75) is 12.8 Å². The third kappa shape index (κ3) is 3.89. The number of methoxy groups -OCH3 is 1. The van der Waals surface area contributed by atoms with Crippen molar-refractivity contribution < 1.29 is 18.7 Å². The minimum atomic E-state index is -0.498. The normalized spacial score (nSPS) is 13.0. The Morgan fingerprint density at radius 3 is 2.60 bits per heavy atom. The monoisotopic (exact) mass is 408 g/mol. The van der Waals surface area contributed by atoms with Crippen LogP contribution in [0.2, 0.25) is 0 Å². The van der Waals surface area contributed by atoms with E-state index in [2.05, 4.69) is 20.9 Å². The second kappa shape index (κ2) is 7.98. The number of carbonyl (C=O) groups excluding carboxylic acids is 2. The number of aromatic nitrogens is 1. The largest absolute Gasteiger partial charge is 0.496 e. The summed E-state index contributed by atoms with van der Waals surface area (Å²) in [6.07, 6.45) is 3.34. The number of amides is 2. The Balaban J connectivity index is 1.64. The van der Waals surface area contributed by atoms with Gasteiger partial charge in [0.2, 0.25) is 5.91 Å². The number of hydrogen-bond acceptors (Lipinski definition) is 5. The molecule has 1 aliphatic carbocycles. The van der Waals surface area contributed by atoms with Crippen LogP contribution in [0.1, 0.15) is 23.2 Å². The quantitative estimate of drug-likeness (QED) is 0.576. The van der Waals surface area contributed by atoms with Crippen LogP contribution >= 0.6 is 0 Å². The van der Waals surface area contributed by atoms with Crippen molar-refractivity contribution in [2.24, 2.45) is 5.92 Å². The number of hydrogen-bond donors (Lipinski definition) is 3. The van der Waals surface area contributed by atoms with Crippen LogP contribution in [0.25, 0.3) is 10.9 Å². The molecule has 1 aromatic heterocycles. The zero-order chi connectivity index (χ0) is 21.3. The van der Waals surface area contributed by atoms with E-state index in [4.69, 9.17) is 4.74 Å². The lowest BCUT2D eigenvalue weighted by Crippen LogP contribution is -2.18. The lowest BCUT2D eigenvalue weighted by Gasteiger charge is -2.14. The summed E-state index contributed by atoms with van der Waals surface area (Å²) in [5.41, 5.74) is 2.20. The van der Waals surface area contributed by atoms with Gasteiger partial charge in [-0.05, 0) is 49.2 Å². The van der Waals surface area contributed by atoms with Gasteiger partial charge in [0, 0.05) is 35.9 Å². The molecule has 3 aromatic rings. The summed E-state index contributed by atoms with van der Waals surface area (Å²) in [7, 11) is 3.02. The Morgan fingerprint density at radius 1 is 1.13 bits per heavy atom. The van der Waals surface area contributed by atoms with E-state index in [0.29, 0.717) is 33.6 Å². The summed E-state index contributed by atoms with van der Waals surface area (Å²) in [6, 6.07) is 9.54. The summed E-state index contributed by atoms with van der Waals surface area (Å²) in [5.74, 6) is -0.430. The van der Waals surface area contributed by atoms with Crippen LogP contribution in [0.3, 0.4) is 0 Å². The van der Waals surface area contributed by atoms with E-state index in [-0.39, 0.29) is 23.4 Å². The molecule has 0 atom stereocenters. The molecular weight excluding hydrogens is 387 g/mol. The highest BCUT2D eigenvalue weighted by Crippen LogP contribution is 2.33. The molecule has 3 N–H and O–H groups in total. The van der Waals surface area contributed by atoms with Crippen molar-refractivity contribution in [1.29, 1.82) is 0 Å². The first-order chi connectivity index (χ1) is 14.5. The molecule has 0 aliphatic heterocycles. The summed E-state index contributed by atoms with van der Waals surface area (Å²) in [5, 5.41) is 9.04. The molecule has 4 rings (SSSR count). The first-order valence-electron chi connectivity index (χ1n) is 9.56. The van der Waals surface area contributed by atoms with Crippen LogP contribution < -0.4 is 20.7 Å². The van der Waals surface area contributed by atoms with Gasteiger partial charge in [0.25, 0.3) is 5.91 Å². The first-order valence-corrected chi connectivity index (χ1v) is 9.56. The molecule has 2 amide bonds. The Bertz CT molecular complexity index is 1140. The van der Waals surface area contributed by atoms with Gasteiger partial charge in [0.05, 0.1) is 23.9 Å². The number of rotatable bonds is 6. The zero-order valence-corrected chi connectivity index (χ0v) is 16.6. The standard InChI is InChI=1S/C22H21FN4O3/c1-24-22(29)15-10-19-14(11-20(15)30-2)17(7-8-25-19)27-18-6-5-13(9-16(18)23)26-21(28)12-3-4-12/h5-12H,3-4H2,1-2H3,(H,24,29)(H,25,27)(H,26,28). The number of benzene rings is 2. The molecule has 1 aliphatic rings. The first kappa shape index (κ1) is 19.6. The average molecular weight is 408 g/mol. The number of fused-ring (bicyclic) bond motifs is 1. The number of nitrogens with zero attached hydrogens (tertiary/aromatic N) is 1. The van der Waals surface area contributed by atoms with Crippen molar-refractivity contribution in [1.82, 2.24) is 10.3 Å². The van der Waals surface area contributed by atoms with Crippen LogP contribution in [-0.4, -0.2) is 31.0 Å². The highest BCUT2D eigenvalue weighted by molar-refractivity contribution is 6.03. The Labute approximate surface area is 172 Å². The van der Waals surface area contributed by atoms with Gasteiger partial charge in [-0.1, -0.05) is 0 Å². The lowest BCUT2D eigenvalue weighted by molar-refractivity contribution is -0.117. The van der Waals surface area contributed by atoms with Crippen molar-refractivity contribution in [3.63, 3.8) is 0 Å². The van der Waals surface area contributed by atoms with E-state index in [0.717, 1.165) is 12.8 Å². The number of ether oxygens (including phenoxy) is 1. The maximum absolute atomic E-state index is 14.7. The van der Waals surface area contributed by atoms with Crippen molar-refractivity contribution in [3.8, 4) is 5.75 Å². The Kier molecular flexibility index (Phi) is 5.22. The minimum absolute atomic E-state index is 0.0451. The van der Waals surface area contributed by atoms with E-state index in [1.165, 1.54) is 20.2 Å². The fourth-order valence-corrected chi connectivity index (χ4v) is 3.19. The molecule has 0 saturated heterocycles. The third-order valence-electron chi connectivity index (χ3n) is 4.99. The van der Waals surface area contributed by atoms with Gasteiger partial charge in [-0.3, -0.25) is 14.6 Å². The lowest BCUT2D eigenvalue weighted by atomic mass is 10.1. The smallest absolute Gasteiger partial charge is 0.254 e. The van der Waals surface area contributed by atoms with Crippen molar-refractivity contribution in [2.75, 3.05) is 24.8 Å². The molecule has 2 aromatic carbocycles. The molecule has 154 valence electrons. The van der Waals surface area contributed by atoms with Crippen LogP contribution in [0.4, 0.5) is 21.5 Å². The summed E-state index contributed by atoms with van der Waals surface area (Å²) >= 11 is 0. The summed E-state index contributed by atoms with van der Waals surface area (Å²) < 4.78 is 20.0. The molecule has 7 nitrogen and oxygen atoms in total. The molecule has 1 heterocycles. The zero-order valence-electron chi connectivity index (χ0n) is 16.6. The van der Waals surface area contributed by atoms with E-state index < -0.39 is 5.82 Å². The van der Waals surface area contributed by atoms with Crippen LogP contribution in [0, 0.1) is 11.7 Å². The maximum atomic E-state index is 14.7. The highest BCUT2D eigenvalue weighted by atomic mass is 19.1. The number of halogens is 1. The third-order valence-corrected chi connectivity index (χ3v) is 4.99. The summed E-state index contributed by atoms with van der Waals surface area (Å²) in [4.78, 5) is 28.3. The molecule has 30 heavy (non-hydrogen) atoms. The number of pyridine rings is 1. The van der Waals surface area contributed by atoms with Gasteiger partial charge in [-0.25, -0.2) is 4.39 Å². The van der Waals surface area contributed by atoms with Crippen LogP contribution in [0.5, 0.6) is 5.75 Å². The molecule has 1 fully saturated rings. The Hall–Kier alpha value is -3.68. The number of carbonyl (C=O) groups is 2. The van der Waals surface area contributed by atoms with Gasteiger partial charge in [0.1, 0.15) is 11.6 Å². The molecule has 0 radical (unpaired) electrons. The van der Waals surface area contributed by atoms with Gasteiger partial charge < -0.3 is 20.7 Å². The van der Waals surface area contributed by atoms with E-state index in [1.54, 1.807) is 36.5 Å². The van der Waals surface area contributed by atoms with Crippen molar-refractivity contribution in [3.05, 3.63) is 54.0 Å². The minimum Gasteiger partial charge on any atom is -0.496 e. The number of anilines is 3. The predicted molar refractivity (Wildman–Crippen MR) is 113 cm³/mol. The number of nitrogens with one attached hydrogen (secondary N) is 3. The second-order valence-electron chi connectivity index (χ2n) is 7.09.